The van der Waals surface area contributed by atoms with Crippen LogP contribution in [0, 0.1) is 0 Å². The molecule has 17 heavy (non-hydrogen) atoms. The van der Waals surface area contributed by atoms with Crippen LogP contribution < -0.4 is 5.32 Å². The molecule has 90 valence electrons. The van der Waals surface area contributed by atoms with E-state index < -0.39 is 0 Å². The molecule has 0 aliphatic rings. The molecule has 0 amide bonds. The van der Waals surface area contributed by atoms with Crippen LogP contribution >= 0.6 is 0 Å². The number of nitrogens with zero attached hydrogens (tertiary/aromatic N) is 1. The normalized spacial score (nSPS) is 10.9. The minimum absolute atomic E-state index is 0.0982. The van der Waals surface area contributed by atoms with Gasteiger partial charge in [-0.25, -0.2) is 4.98 Å². The van der Waals surface area contributed by atoms with Crippen LogP contribution in [0.3, 0.4) is 0 Å². The number of H-pyrrole nitrogens is 1. The molecule has 0 saturated heterocycles. The van der Waals surface area contributed by atoms with Gasteiger partial charge in [-0.05, 0) is 31.7 Å². The van der Waals surface area contributed by atoms with Gasteiger partial charge in [-0.15, -0.1) is 0 Å². The summed E-state index contributed by atoms with van der Waals surface area (Å²) in [5.41, 5.74) is 2.59. The van der Waals surface area contributed by atoms with E-state index in [1.165, 1.54) is 0 Å². The molecule has 2 rings (SSSR count). The zero-order valence-corrected chi connectivity index (χ0v) is 10.2. The summed E-state index contributed by atoms with van der Waals surface area (Å²) in [6.45, 7) is 2.48. The van der Waals surface area contributed by atoms with E-state index in [-0.39, 0.29) is 5.78 Å². The van der Waals surface area contributed by atoms with E-state index in [0.29, 0.717) is 6.54 Å². The Morgan fingerprint density at radius 1 is 1.47 bits per heavy atom. The third kappa shape index (κ3) is 2.53. The fourth-order valence-electron chi connectivity index (χ4n) is 1.85. The van der Waals surface area contributed by atoms with Crippen LogP contribution in [0.2, 0.25) is 0 Å². The average Bonchev–Trinajstić information content (AvgIpc) is 2.71. The van der Waals surface area contributed by atoms with Gasteiger partial charge in [0.05, 0.1) is 17.6 Å². The molecule has 2 aromatic rings. The van der Waals surface area contributed by atoms with Crippen molar-refractivity contribution in [2.24, 2.45) is 0 Å². The van der Waals surface area contributed by atoms with Gasteiger partial charge in [0.15, 0.2) is 5.78 Å². The van der Waals surface area contributed by atoms with Gasteiger partial charge in [0, 0.05) is 12.0 Å². The minimum Gasteiger partial charge on any atom is -0.342 e. The van der Waals surface area contributed by atoms with Crippen molar-refractivity contribution in [3.63, 3.8) is 0 Å². The van der Waals surface area contributed by atoms with E-state index in [2.05, 4.69) is 22.2 Å². The summed E-state index contributed by atoms with van der Waals surface area (Å²) in [5.74, 6) is 1.08. The number of likely N-dealkylation sites (N-methyl/N-ethyl adjacent to an activating group) is 1. The maximum Gasteiger partial charge on any atom is 0.176 e. The Balaban J connectivity index is 2.33. The Kier molecular flexibility index (Phi) is 3.54. The van der Waals surface area contributed by atoms with Crippen LogP contribution in [0.25, 0.3) is 11.0 Å². The lowest BCUT2D eigenvalue weighted by Gasteiger charge is -1.99. The molecule has 0 spiro atoms. The van der Waals surface area contributed by atoms with Crippen molar-refractivity contribution >= 4 is 16.8 Å². The number of rotatable bonds is 5. The number of hydrogen-bond acceptors (Lipinski definition) is 3. The molecule has 0 fully saturated rings. The van der Waals surface area contributed by atoms with Gasteiger partial charge in [0.2, 0.25) is 0 Å². The Hall–Kier alpha value is -1.68. The van der Waals surface area contributed by atoms with E-state index in [4.69, 9.17) is 0 Å². The SMILES string of the molecule is CCCc1nc2ccc(C(=O)CNC)cc2[nH]1. The van der Waals surface area contributed by atoms with Gasteiger partial charge >= 0.3 is 0 Å². The molecule has 0 bridgehead atoms. The molecule has 0 atom stereocenters. The van der Waals surface area contributed by atoms with Gasteiger partial charge < -0.3 is 10.3 Å². The molecule has 0 saturated carbocycles. The number of aromatic nitrogens is 2. The molecule has 1 heterocycles. The first-order valence-electron chi connectivity index (χ1n) is 5.91. The van der Waals surface area contributed by atoms with Crippen molar-refractivity contribution in [1.29, 1.82) is 0 Å². The molecule has 0 aliphatic carbocycles. The van der Waals surface area contributed by atoms with Gasteiger partial charge in [0.1, 0.15) is 5.82 Å². The van der Waals surface area contributed by atoms with Crippen LogP contribution in [0.4, 0.5) is 0 Å². The summed E-state index contributed by atoms with van der Waals surface area (Å²) in [7, 11) is 1.77. The van der Waals surface area contributed by atoms with Gasteiger partial charge in [-0.3, -0.25) is 4.79 Å². The lowest BCUT2D eigenvalue weighted by molar-refractivity contribution is 0.0993. The number of carbonyl (C=O) groups excluding carboxylic acids is 1. The highest BCUT2D eigenvalue weighted by Crippen LogP contribution is 2.15. The van der Waals surface area contributed by atoms with Crippen LogP contribution in [0.1, 0.15) is 29.5 Å². The smallest absolute Gasteiger partial charge is 0.176 e. The molecular formula is C13H17N3O. The molecular weight excluding hydrogens is 214 g/mol. The van der Waals surface area contributed by atoms with E-state index in [9.17, 15) is 4.79 Å². The first-order chi connectivity index (χ1) is 8.24. The first-order valence-corrected chi connectivity index (χ1v) is 5.91. The third-order valence-corrected chi connectivity index (χ3v) is 2.68. The lowest BCUT2D eigenvalue weighted by atomic mass is 10.1. The fraction of sp³-hybridized carbons (Fsp3) is 0.385. The van der Waals surface area contributed by atoms with Crippen LogP contribution in [0.15, 0.2) is 18.2 Å². The molecule has 4 nitrogen and oxygen atoms in total. The summed E-state index contributed by atoms with van der Waals surface area (Å²) in [6.07, 6.45) is 2.00. The summed E-state index contributed by atoms with van der Waals surface area (Å²) >= 11 is 0. The summed E-state index contributed by atoms with van der Waals surface area (Å²) in [4.78, 5) is 19.4. The van der Waals surface area contributed by atoms with Crippen molar-refractivity contribution < 1.29 is 4.79 Å². The number of aromatic amines is 1. The van der Waals surface area contributed by atoms with E-state index in [0.717, 1.165) is 35.3 Å². The second kappa shape index (κ2) is 5.10. The summed E-state index contributed by atoms with van der Waals surface area (Å²) in [5, 5.41) is 2.86. The predicted octanol–water partition coefficient (Wildman–Crippen LogP) is 1.92. The molecule has 1 aromatic heterocycles. The van der Waals surface area contributed by atoms with Crippen molar-refractivity contribution in [1.82, 2.24) is 15.3 Å². The Morgan fingerprint density at radius 2 is 2.29 bits per heavy atom. The minimum atomic E-state index is 0.0982. The van der Waals surface area contributed by atoms with Gasteiger partial charge in [-0.1, -0.05) is 6.92 Å². The van der Waals surface area contributed by atoms with Crippen molar-refractivity contribution in [3.05, 3.63) is 29.6 Å². The Labute approximate surface area is 100 Å². The lowest BCUT2D eigenvalue weighted by Crippen LogP contribution is -2.18. The van der Waals surface area contributed by atoms with Gasteiger partial charge in [0.25, 0.3) is 0 Å². The standard InChI is InChI=1S/C13H17N3O/c1-3-4-13-15-10-6-5-9(7-11(10)16-13)12(17)8-14-2/h5-7,14H,3-4,8H2,1-2H3,(H,15,16). The number of fused-ring (bicyclic) bond motifs is 1. The van der Waals surface area contributed by atoms with E-state index >= 15 is 0 Å². The summed E-state index contributed by atoms with van der Waals surface area (Å²) < 4.78 is 0. The highest BCUT2D eigenvalue weighted by molar-refractivity contribution is 6.00. The molecule has 4 heteroatoms. The first kappa shape index (κ1) is 11.8. The maximum absolute atomic E-state index is 11.7. The van der Waals surface area contributed by atoms with Crippen LogP contribution in [0.5, 0.6) is 0 Å². The topological polar surface area (TPSA) is 57.8 Å². The number of ketones is 1. The second-order valence-corrected chi connectivity index (χ2v) is 4.12. The zero-order chi connectivity index (χ0) is 12.3. The number of aryl methyl sites for hydroxylation is 1. The van der Waals surface area contributed by atoms with E-state index in [1.54, 1.807) is 7.05 Å². The molecule has 0 unspecified atom stereocenters. The molecule has 2 N–H and O–H groups in total. The Morgan fingerprint density at radius 3 is 3.00 bits per heavy atom. The van der Waals surface area contributed by atoms with Gasteiger partial charge in [-0.2, -0.15) is 0 Å². The molecule has 1 aromatic carbocycles. The summed E-state index contributed by atoms with van der Waals surface area (Å²) in [6, 6.07) is 5.60. The predicted molar refractivity (Wildman–Crippen MR) is 68.3 cm³/mol. The highest BCUT2D eigenvalue weighted by Gasteiger charge is 2.07. The number of benzene rings is 1. The molecule has 0 aliphatic heterocycles. The van der Waals surface area contributed by atoms with Crippen LogP contribution in [-0.4, -0.2) is 29.3 Å². The average molecular weight is 231 g/mol. The zero-order valence-electron chi connectivity index (χ0n) is 10.2. The number of nitrogens with one attached hydrogen (secondary N) is 2. The van der Waals surface area contributed by atoms with Crippen molar-refractivity contribution in [2.75, 3.05) is 13.6 Å². The highest BCUT2D eigenvalue weighted by atomic mass is 16.1. The second-order valence-electron chi connectivity index (χ2n) is 4.12. The maximum atomic E-state index is 11.7. The number of hydrogen-bond donors (Lipinski definition) is 2. The number of Topliss-reactive ketones (excluding diaryl/α,β-unsaturated/α-hetero) is 1. The number of carbonyl (C=O) groups is 1. The monoisotopic (exact) mass is 231 g/mol. The van der Waals surface area contributed by atoms with Crippen molar-refractivity contribution in [3.8, 4) is 0 Å². The Bertz CT molecular complexity index is 530. The van der Waals surface area contributed by atoms with E-state index in [1.807, 2.05) is 18.2 Å². The molecule has 0 radical (unpaired) electrons. The largest absolute Gasteiger partial charge is 0.342 e. The third-order valence-electron chi connectivity index (χ3n) is 2.68. The number of imidazole rings is 1. The fourth-order valence-corrected chi connectivity index (χ4v) is 1.85. The quantitative estimate of drug-likeness (QED) is 0.773. The van der Waals surface area contributed by atoms with Crippen molar-refractivity contribution in [2.45, 2.75) is 19.8 Å². The van der Waals surface area contributed by atoms with Crippen LogP contribution in [-0.2, 0) is 6.42 Å².